The molecule has 1 saturated heterocycles. The summed E-state index contributed by atoms with van der Waals surface area (Å²) in [6.45, 7) is 7.21. The van der Waals surface area contributed by atoms with E-state index in [0.29, 0.717) is 45.0 Å². The fourth-order valence-electron chi connectivity index (χ4n) is 4.60. The molecule has 39 heavy (non-hydrogen) atoms. The third-order valence-electron chi connectivity index (χ3n) is 6.22. The van der Waals surface area contributed by atoms with Gasteiger partial charge in [-0.25, -0.2) is 9.50 Å². The van der Waals surface area contributed by atoms with Gasteiger partial charge in [0.05, 0.1) is 39.8 Å². The first-order chi connectivity index (χ1) is 18.6. The van der Waals surface area contributed by atoms with Crippen molar-refractivity contribution in [2.75, 3.05) is 23.7 Å². The van der Waals surface area contributed by atoms with E-state index in [1.165, 1.54) is 17.7 Å². The largest absolute Gasteiger partial charge is 0.460 e. The Balaban J connectivity index is 1.36. The fourth-order valence-corrected chi connectivity index (χ4v) is 5.55. The number of halogens is 1. The van der Waals surface area contributed by atoms with Crippen molar-refractivity contribution in [2.24, 2.45) is 0 Å². The van der Waals surface area contributed by atoms with Crippen molar-refractivity contribution in [3.63, 3.8) is 0 Å². The van der Waals surface area contributed by atoms with Crippen LogP contribution in [-0.2, 0) is 16.1 Å². The molecule has 4 aromatic heterocycles. The van der Waals surface area contributed by atoms with Crippen molar-refractivity contribution in [3.8, 4) is 11.4 Å². The molecular weight excluding hydrogens is 542 g/mol. The van der Waals surface area contributed by atoms with Gasteiger partial charge >= 0.3 is 5.97 Å². The minimum Gasteiger partial charge on any atom is -0.460 e. The zero-order valence-electron chi connectivity index (χ0n) is 21.9. The number of nitrogen functional groups attached to an aromatic ring is 1. The summed E-state index contributed by atoms with van der Waals surface area (Å²) < 4.78 is 9.27. The van der Waals surface area contributed by atoms with E-state index >= 15 is 0 Å². The summed E-state index contributed by atoms with van der Waals surface area (Å²) in [4.78, 5) is 31.8. The number of piperidine rings is 1. The molecule has 4 aromatic rings. The highest BCUT2D eigenvalue weighted by Gasteiger charge is 2.27. The molecule has 0 aliphatic carbocycles. The van der Waals surface area contributed by atoms with Gasteiger partial charge in [0, 0.05) is 19.1 Å². The molecule has 0 spiro atoms. The van der Waals surface area contributed by atoms with Gasteiger partial charge in [-0.05, 0) is 51.8 Å². The number of carbonyl (C=O) groups is 2. The van der Waals surface area contributed by atoms with Gasteiger partial charge in [-0.3, -0.25) is 14.3 Å². The van der Waals surface area contributed by atoms with Crippen molar-refractivity contribution in [1.29, 1.82) is 0 Å². The highest BCUT2D eigenvalue weighted by Crippen LogP contribution is 2.34. The molecule has 206 valence electrons. The van der Waals surface area contributed by atoms with E-state index in [1.807, 2.05) is 26.8 Å². The molecule has 0 bridgehead atoms. The predicted octanol–water partition coefficient (Wildman–Crippen LogP) is 3.42. The molecule has 5 heterocycles. The first kappa shape index (κ1) is 26.9. The molecule has 14 heteroatoms. The third kappa shape index (κ3) is 6.14. The van der Waals surface area contributed by atoms with Gasteiger partial charge in [0.1, 0.15) is 23.1 Å². The monoisotopic (exact) mass is 571 g/mol. The zero-order chi connectivity index (χ0) is 27.7. The highest BCUT2D eigenvalue weighted by molar-refractivity contribution is 7.18. The number of carbonyl (C=O) groups excluding carboxylic acids is 2. The van der Waals surface area contributed by atoms with Crippen LogP contribution in [0.1, 0.15) is 49.7 Å². The summed E-state index contributed by atoms with van der Waals surface area (Å²) in [6, 6.07) is 5.37. The van der Waals surface area contributed by atoms with Crippen LogP contribution in [0.2, 0.25) is 4.34 Å². The second-order valence-corrected chi connectivity index (χ2v) is 12.1. The summed E-state index contributed by atoms with van der Waals surface area (Å²) in [5, 5.41) is 16.1. The summed E-state index contributed by atoms with van der Waals surface area (Å²) in [7, 11) is 0. The maximum absolute atomic E-state index is 12.7. The number of hydrogen-bond acceptors (Lipinski definition) is 10. The molecule has 1 aliphatic heterocycles. The normalized spacial score (nSPS) is 16.0. The number of nitrogens with one attached hydrogen (secondary N) is 1. The number of nitrogens with zero attached hydrogens (tertiary/aromatic N) is 7. The number of fused-ring (bicyclic) bond motifs is 1. The van der Waals surface area contributed by atoms with Gasteiger partial charge in [-0.2, -0.15) is 5.10 Å². The van der Waals surface area contributed by atoms with E-state index in [1.54, 1.807) is 27.5 Å². The number of aryl methyl sites for hydroxylation is 1. The summed E-state index contributed by atoms with van der Waals surface area (Å²) >= 11 is 7.26. The molecule has 12 nitrogen and oxygen atoms in total. The van der Waals surface area contributed by atoms with Crippen LogP contribution in [0.5, 0.6) is 0 Å². The van der Waals surface area contributed by atoms with Gasteiger partial charge in [0.2, 0.25) is 0 Å². The van der Waals surface area contributed by atoms with Gasteiger partial charge < -0.3 is 20.7 Å². The summed E-state index contributed by atoms with van der Waals surface area (Å²) in [5.74, 6) is -0.0978. The number of rotatable bonds is 7. The van der Waals surface area contributed by atoms with E-state index in [2.05, 4.69) is 30.6 Å². The Hall–Kier alpha value is -3.71. The van der Waals surface area contributed by atoms with Crippen LogP contribution in [-0.4, -0.2) is 66.2 Å². The van der Waals surface area contributed by atoms with Crippen LogP contribution in [0.15, 0.2) is 30.7 Å². The Morgan fingerprint density at radius 2 is 2.13 bits per heavy atom. The molecule has 0 radical (unpaired) electrons. The Morgan fingerprint density at radius 3 is 2.87 bits per heavy atom. The zero-order valence-corrected chi connectivity index (χ0v) is 23.5. The Labute approximate surface area is 234 Å². The first-order valence-corrected chi connectivity index (χ1v) is 13.8. The van der Waals surface area contributed by atoms with Gasteiger partial charge in [-0.1, -0.05) is 16.8 Å². The van der Waals surface area contributed by atoms with Crippen molar-refractivity contribution in [1.82, 2.24) is 34.9 Å². The van der Waals surface area contributed by atoms with E-state index in [4.69, 9.17) is 22.1 Å². The lowest BCUT2D eigenvalue weighted by Gasteiger charge is -2.34. The maximum Gasteiger partial charge on any atom is 0.308 e. The maximum atomic E-state index is 12.7. The highest BCUT2D eigenvalue weighted by atomic mass is 35.5. The lowest BCUT2D eigenvalue weighted by Crippen LogP contribution is -2.47. The smallest absolute Gasteiger partial charge is 0.308 e. The number of anilines is 2. The third-order valence-corrected chi connectivity index (χ3v) is 7.45. The molecule has 5 rings (SSSR count). The van der Waals surface area contributed by atoms with Crippen molar-refractivity contribution in [3.05, 3.63) is 39.9 Å². The minimum absolute atomic E-state index is 0.0508. The number of amides is 1. The number of nitrogens with two attached hydrogens (primary N) is 1. The van der Waals surface area contributed by atoms with E-state index in [9.17, 15) is 9.59 Å². The summed E-state index contributed by atoms with van der Waals surface area (Å²) in [6.07, 6.45) is 5.08. The predicted molar refractivity (Wildman–Crippen MR) is 149 cm³/mol. The van der Waals surface area contributed by atoms with E-state index in [0.717, 1.165) is 25.1 Å². The SMILES string of the molecule is CC(C)(C)OC(=O)CCn1cc(-c2cc(N3CCC[C@@H](NC(=O)c4ccc(Cl)s4)C3)c3c(N)ncnn23)nn1. The number of esters is 1. The first-order valence-electron chi connectivity index (χ1n) is 12.6. The average Bonchev–Trinajstić information content (AvgIpc) is 3.60. The Bertz CT molecular complexity index is 1510. The molecule has 1 atom stereocenters. The second kappa shape index (κ2) is 10.8. The number of ether oxygens (including phenoxy) is 1. The number of aromatic nitrogens is 6. The molecular formula is C25H30ClN9O3S. The van der Waals surface area contributed by atoms with Crippen molar-refractivity contribution >= 4 is 51.8 Å². The van der Waals surface area contributed by atoms with E-state index in [-0.39, 0.29) is 24.3 Å². The molecule has 0 unspecified atom stereocenters. The fraction of sp³-hybridized carbons (Fsp3) is 0.440. The van der Waals surface area contributed by atoms with Crippen LogP contribution >= 0.6 is 22.9 Å². The van der Waals surface area contributed by atoms with Gasteiger partial charge in [-0.15, -0.1) is 16.4 Å². The van der Waals surface area contributed by atoms with Crippen LogP contribution in [0, 0.1) is 0 Å². The minimum atomic E-state index is -0.542. The number of thiophene rings is 1. The lowest BCUT2D eigenvalue weighted by atomic mass is 10.0. The van der Waals surface area contributed by atoms with Crippen LogP contribution in [0.4, 0.5) is 11.5 Å². The topological polar surface area (TPSA) is 146 Å². The quantitative estimate of drug-likeness (QED) is 0.318. The molecule has 0 saturated carbocycles. The van der Waals surface area contributed by atoms with Crippen LogP contribution < -0.4 is 16.0 Å². The second-order valence-electron chi connectivity index (χ2n) is 10.4. The van der Waals surface area contributed by atoms with Crippen molar-refractivity contribution < 1.29 is 14.3 Å². The molecule has 1 fully saturated rings. The van der Waals surface area contributed by atoms with Crippen LogP contribution in [0.25, 0.3) is 16.9 Å². The molecule has 1 aliphatic rings. The van der Waals surface area contributed by atoms with Crippen LogP contribution in [0.3, 0.4) is 0 Å². The Morgan fingerprint density at radius 1 is 1.31 bits per heavy atom. The average molecular weight is 572 g/mol. The lowest BCUT2D eigenvalue weighted by molar-refractivity contribution is -0.155. The van der Waals surface area contributed by atoms with E-state index < -0.39 is 5.60 Å². The number of hydrogen-bond donors (Lipinski definition) is 2. The Kier molecular flexibility index (Phi) is 7.45. The molecule has 3 N–H and O–H groups in total. The van der Waals surface area contributed by atoms with Gasteiger partial charge in [0.25, 0.3) is 5.91 Å². The van der Waals surface area contributed by atoms with Gasteiger partial charge in [0.15, 0.2) is 5.82 Å². The standard InChI is InChI=1S/C25H30ClN9O3S/c1-25(2,3)38-21(36)8-10-34-13-16(31-32-34)17-11-18(22-23(27)28-14-29-35(17)22)33-9-4-5-15(12-33)30-24(37)19-6-7-20(26)39-19/h6-7,11,13-15H,4-5,8-10,12H2,1-3H3,(H,30,37)(H2,27,28,29)/t15-/m1/s1. The molecule has 0 aromatic carbocycles. The molecule has 1 amide bonds. The van der Waals surface area contributed by atoms with Crippen molar-refractivity contribution in [2.45, 2.75) is 58.2 Å². The summed E-state index contributed by atoms with van der Waals surface area (Å²) in [5.41, 5.74) is 8.55.